The standard InChI is InChI=1S/C18H16ClN3O3S/c19-12-3-5-13(6-4-12)24-10-16-21-17(22-25-16)15-8-7-14(26-15)9-20-18(23)11-1-2-11/h3-8,11H,1-2,9-10H2,(H,20,23). The smallest absolute Gasteiger partial charge is 0.264 e. The molecule has 2 aromatic heterocycles. The minimum Gasteiger partial charge on any atom is -0.484 e. The zero-order chi connectivity index (χ0) is 17.9. The third-order valence-corrected chi connectivity index (χ3v) is 5.24. The van der Waals surface area contributed by atoms with Crippen molar-refractivity contribution in [1.29, 1.82) is 0 Å². The van der Waals surface area contributed by atoms with E-state index in [4.69, 9.17) is 20.9 Å². The van der Waals surface area contributed by atoms with Crippen molar-refractivity contribution in [2.45, 2.75) is 26.0 Å². The molecule has 1 N–H and O–H groups in total. The van der Waals surface area contributed by atoms with E-state index in [-0.39, 0.29) is 18.4 Å². The predicted molar refractivity (Wildman–Crippen MR) is 98.0 cm³/mol. The number of benzene rings is 1. The molecule has 6 nitrogen and oxygen atoms in total. The highest BCUT2D eigenvalue weighted by Crippen LogP contribution is 2.30. The van der Waals surface area contributed by atoms with E-state index in [0.29, 0.717) is 29.0 Å². The first-order valence-corrected chi connectivity index (χ1v) is 9.44. The van der Waals surface area contributed by atoms with Crippen LogP contribution < -0.4 is 10.1 Å². The van der Waals surface area contributed by atoms with Gasteiger partial charge >= 0.3 is 0 Å². The maximum Gasteiger partial charge on any atom is 0.264 e. The molecule has 0 unspecified atom stereocenters. The Hall–Kier alpha value is -2.38. The number of rotatable bonds is 7. The van der Waals surface area contributed by atoms with Crippen molar-refractivity contribution in [2.75, 3.05) is 0 Å². The number of ether oxygens (including phenoxy) is 1. The largest absolute Gasteiger partial charge is 0.484 e. The van der Waals surface area contributed by atoms with Crippen LogP contribution in [0, 0.1) is 5.92 Å². The number of hydrogen-bond acceptors (Lipinski definition) is 6. The fourth-order valence-corrected chi connectivity index (χ4v) is 3.35. The highest BCUT2D eigenvalue weighted by atomic mass is 35.5. The summed E-state index contributed by atoms with van der Waals surface area (Å²) in [6, 6.07) is 11.0. The van der Waals surface area contributed by atoms with Crippen molar-refractivity contribution in [1.82, 2.24) is 15.5 Å². The Morgan fingerprint density at radius 1 is 1.27 bits per heavy atom. The van der Waals surface area contributed by atoms with Gasteiger partial charge in [0.15, 0.2) is 6.61 Å². The summed E-state index contributed by atoms with van der Waals surface area (Å²) in [4.78, 5) is 18.0. The zero-order valence-corrected chi connectivity index (χ0v) is 15.3. The number of nitrogens with one attached hydrogen (secondary N) is 1. The van der Waals surface area contributed by atoms with E-state index in [1.165, 1.54) is 11.3 Å². The van der Waals surface area contributed by atoms with Gasteiger partial charge in [-0.25, -0.2) is 0 Å². The van der Waals surface area contributed by atoms with Crippen molar-refractivity contribution >= 4 is 28.8 Å². The van der Waals surface area contributed by atoms with Crippen molar-refractivity contribution < 1.29 is 14.1 Å². The fourth-order valence-electron chi connectivity index (χ4n) is 2.35. The van der Waals surface area contributed by atoms with E-state index in [1.807, 2.05) is 12.1 Å². The summed E-state index contributed by atoms with van der Waals surface area (Å²) in [5.41, 5.74) is 0. The van der Waals surface area contributed by atoms with E-state index in [0.717, 1.165) is 22.6 Å². The molecule has 2 heterocycles. The first-order valence-electron chi connectivity index (χ1n) is 8.25. The van der Waals surface area contributed by atoms with Crippen LogP contribution in [0.1, 0.15) is 23.6 Å². The molecule has 0 bridgehead atoms. The number of carbonyl (C=O) groups excluding carboxylic acids is 1. The molecular weight excluding hydrogens is 374 g/mol. The van der Waals surface area contributed by atoms with Gasteiger partial charge in [0.2, 0.25) is 11.7 Å². The number of thiophene rings is 1. The lowest BCUT2D eigenvalue weighted by Gasteiger charge is -2.02. The topological polar surface area (TPSA) is 77.2 Å². The van der Waals surface area contributed by atoms with Gasteiger partial charge in [0, 0.05) is 15.8 Å². The number of nitrogens with zero attached hydrogens (tertiary/aromatic N) is 2. The first-order chi connectivity index (χ1) is 12.7. The third-order valence-electron chi connectivity index (χ3n) is 3.91. The molecule has 1 aromatic carbocycles. The number of aromatic nitrogens is 2. The number of amides is 1. The van der Waals surface area contributed by atoms with Crippen molar-refractivity contribution in [3.8, 4) is 16.5 Å². The predicted octanol–water partition coefficient (Wildman–Crippen LogP) is 4.06. The Balaban J connectivity index is 1.33. The quantitative estimate of drug-likeness (QED) is 0.659. The summed E-state index contributed by atoms with van der Waals surface area (Å²) < 4.78 is 10.8. The van der Waals surface area contributed by atoms with E-state index < -0.39 is 0 Å². The van der Waals surface area contributed by atoms with Crippen LogP contribution in [0.25, 0.3) is 10.7 Å². The lowest BCUT2D eigenvalue weighted by atomic mass is 10.3. The zero-order valence-electron chi connectivity index (χ0n) is 13.8. The summed E-state index contributed by atoms with van der Waals surface area (Å²) >= 11 is 7.38. The molecule has 8 heteroatoms. The van der Waals surface area contributed by atoms with Gasteiger partial charge in [0.05, 0.1) is 11.4 Å². The van der Waals surface area contributed by atoms with Gasteiger partial charge < -0.3 is 14.6 Å². The Morgan fingerprint density at radius 3 is 2.85 bits per heavy atom. The Bertz CT molecular complexity index is 903. The molecule has 1 aliphatic rings. The SMILES string of the molecule is O=C(NCc1ccc(-c2noc(COc3ccc(Cl)cc3)n2)s1)C1CC1. The van der Waals surface area contributed by atoms with Crippen LogP contribution in [0.4, 0.5) is 0 Å². The fraction of sp³-hybridized carbons (Fsp3) is 0.278. The molecule has 1 saturated carbocycles. The second-order valence-corrected chi connectivity index (χ2v) is 7.62. The van der Waals surface area contributed by atoms with Crippen LogP contribution in [0.5, 0.6) is 5.75 Å². The van der Waals surface area contributed by atoms with E-state index in [9.17, 15) is 4.79 Å². The normalized spacial score (nSPS) is 13.6. The maximum absolute atomic E-state index is 11.7. The molecule has 3 aromatic rings. The number of halogens is 1. The van der Waals surface area contributed by atoms with Crippen molar-refractivity contribution in [2.24, 2.45) is 5.92 Å². The van der Waals surface area contributed by atoms with E-state index >= 15 is 0 Å². The van der Waals surface area contributed by atoms with Gasteiger partial charge in [-0.2, -0.15) is 4.98 Å². The van der Waals surface area contributed by atoms with Gasteiger partial charge in [-0.3, -0.25) is 4.79 Å². The average molecular weight is 390 g/mol. The lowest BCUT2D eigenvalue weighted by molar-refractivity contribution is -0.122. The van der Waals surface area contributed by atoms with Crippen molar-refractivity contribution in [3.05, 3.63) is 52.2 Å². The Kier molecular flexibility index (Phi) is 4.90. The minimum absolute atomic E-state index is 0.140. The molecule has 0 aliphatic heterocycles. The molecular formula is C18H16ClN3O3S. The minimum atomic E-state index is 0.140. The van der Waals surface area contributed by atoms with Gasteiger partial charge in [0.25, 0.3) is 5.89 Å². The summed E-state index contributed by atoms with van der Waals surface area (Å²) in [5.74, 6) is 1.95. The highest BCUT2D eigenvalue weighted by Gasteiger charge is 2.29. The van der Waals surface area contributed by atoms with Crippen LogP contribution in [-0.4, -0.2) is 16.0 Å². The summed E-state index contributed by atoms with van der Waals surface area (Å²) in [5, 5.41) is 7.60. The van der Waals surface area contributed by atoms with Crippen LogP contribution in [0.2, 0.25) is 5.02 Å². The highest BCUT2D eigenvalue weighted by molar-refractivity contribution is 7.15. The Morgan fingerprint density at radius 2 is 2.08 bits per heavy atom. The van der Waals surface area contributed by atoms with Gasteiger partial charge in [-0.15, -0.1) is 11.3 Å². The molecule has 4 rings (SSSR count). The Labute approximate surface area is 159 Å². The van der Waals surface area contributed by atoms with Crippen molar-refractivity contribution in [3.63, 3.8) is 0 Å². The molecule has 0 saturated heterocycles. The van der Waals surface area contributed by atoms with Crippen LogP contribution in [-0.2, 0) is 17.9 Å². The van der Waals surface area contributed by atoms with Crippen LogP contribution in [0.15, 0.2) is 40.9 Å². The molecule has 134 valence electrons. The molecule has 0 spiro atoms. The molecule has 1 aliphatic carbocycles. The van der Waals surface area contributed by atoms with Gasteiger partial charge in [-0.05, 0) is 49.2 Å². The monoisotopic (exact) mass is 389 g/mol. The summed E-state index contributed by atoms with van der Waals surface area (Å²) in [6.07, 6.45) is 2.01. The number of hydrogen-bond donors (Lipinski definition) is 1. The van der Waals surface area contributed by atoms with E-state index in [1.54, 1.807) is 24.3 Å². The first kappa shape index (κ1) is 17.1. The van der Waals surface area contributed by atoms with E-state index in [2.05, 4.69) is 15.5 Å². The maximum atomic E-state index is 11.7. The molecule has 0 atom stereocenters. The average Bonchev–Trinajstić information content (AvgIpc) is 3.21. The molecule has 26 heavy (non-hydrogen) atoms. The second kappa shape index (κ2) is 7.47. The molecule has 0 radical (unpaired) electrons. The molecule has 1 amide bonds. The van der Waals surface area contributed by atoms with Crippen LogP contribution >= 0.6 is 22.9 Å². The summed E-state index contributed by atoms with van der Waals surface area (Å²) in [6.45, 7) is 0.717. The van der Waals surface area contributed by atoms with Gasteiger partial charge in [0.1, 0.15) is 5.75 Å². The summed E-state index contributed by atoms with van der Waals surface area (Å²) in [7, 11) is 0. The third kappa shape index (κ3) is 4.23. The van der Waals surface area contributed by atoms with Crippen LogP contribution in [0.3, 0.4) is 0 Å². The number of carbonyl (C=O) groups is 1. The lowest BCUT2D eigenvalue weighted by Crippen LogP contribution is -2.23. The van der Waals surface area contributed by atoms with Gasteiger partial charge in [-0.1, -0.05) is 16.8 Å². The second-order valence-electron chi connectivity index (χ2n) is 6.01. The molecule has 1 fully saturated rings.